The maximum Gasteiger partial charge on any atom is 0.333 e. The highest BCUT2D eigenvalue weighted by atomic mass is 16.5. The lowest BCUT2D eigenvalue weighted by atomic mass is 10.3. The summed E-state index contributed by atoms with van der Waals surface area (Å²) in [7, 11) is 1.77. The minimum absolute atomic E-state index is 0.0949. The van der Waals surface area contributed by atoms with Gasteiger partial charge in [-0.05, 0) is 6.92 Å². The van der Waals surface area contributed by atoms with Gasteiger partial charge in [0.2, 0.25) is 0 Å². The lowest BCUT2D eigenvalue weighted by Crippen LogP contribution is -2.15. The number of hydrogen-bond donors (Lipinski definition) is 1. The predicted octanol–water partition coefficient (Wildman–Crippen LogP) is 0.0350. The van der Waals surface area contributed by atoms with Crippen LogP contribution in [0.3, 0.4) is 0 Å². The Labute approximate surface area is 53.7 Å². The number of esters is 1. The summed E-state index contributed by atoms with van der Waals surface area (Å²) in [5.74, 6) is -0.258. The molecule has 3 nitrogen and oxygen atoms in total. The molecule has 1 aliphatic rings. The Morgan fingerprint density at radius 3 is 2.67 bits per heavy atom. The third-order valence-electron chi connectivity index (χ3n) is 1.29. The van der Waals surface area contributed by atoms with Crippen LogP contribution in [-0.4, -0.2) is 19.1 Å². The molecule has 0 saturated carbocycles. The van der Waals surface area contributed by atoms with Crippen LogP contribution >= 0.6 is 0 Å². The molecule has 1 heterocycles. The van der Waals surface area contributed by atoms with Crippen LogP contribution in [0.2, 0.25) is 0 Å². The summed E-state index contributed by atoms with van der Waals surface area (Å²) in [5, 5.41) is 2.86. The van der Waals surface area contributed by atoms with E-state index in [1.165, 1.54) is 6.08 Å². The molecule has 1 atom stereocenters. The van der Waals surface area contributed by atoms with E-state index in [-0.39, 0.29) is 12.1 Å². The Bertz CT molecular complexity index is 162. The van der Waals surface area contributed by atoms with Gasteiger partial charge in [-0.25, -0.2) is 4.79 Å². The molecule has 0 aromatic carbocycles. The number of rotatable bonds is 1. The highest BCUT2D eigenvalue weighted by molar-refractivity contribution is 5.85. The SMILES string of the molecule is CNC1=CC(=O)OC1C. The van der Waals surface area contributed by atoms with E-state index >= 15 is 0 Å². The lowest BCUT2D eigenvalue weighted by molar-refractivity contribution is -0.138. The molecule has 1 rings (SSSR count). The molecule has 0 radical (unpaired) electrons. The predicted molar refractivity (Wildman–Crippen MR) is 32.7 cm³/mol. The van der Waals surface area contributed by atoms with Crippen LogP contribution in [0.25, 0.3) is 0 Å². The molecule has 0 bridgehead atoms. The molecule has 0 spiro atoms. The van der Waals surface area contributed by atoms with Gasteiger partial charge in [-0.3, -0.25) is 0 Å². The lowest BCUT2D eigenvalue weighted by Gasteiger charge is -2.05. The van der Waals surface area contributed by atoms with Crippen LogP contribution in [0.4, 0.5) is 0 Å². The Balaban J connectivity index is 2.68. The van der Waals surface area contributed by atoms with Gasteiger partial charge in [0.25, 0.3) is 0 Å². The fraction of sp³-hybridized carbons (Fsp3) is 0.500. The fourth-order valence-corrected chi connectivity index (χ4v) is 0.791. The smallest absolute Gasteiger partial charge is 0.333 e. The first-order valence-electron chi connectivity index (χ1n) is 2.84. The second kappa shape index (κ2) is 2.09. The number of ether oxygens (including phenoxy) is 1. The van der Waals surface area contributed by atoms with Gasteiger partial charge in [-0.2, -0.15) is 0 Å². The average molecular weight is 127 g/mol. The Kier molecular flexibility index (Phi) is 1.42. The number of likely N-dealkylation sites (N-methyl/N-ethyl adjacent to an activating group) is 1. The van der Waals surface area contributed by atoms with Crippen molar-refractivity contribution in [2.24, 2.45) is 0 Å². The van der Waals surface area contributed by atoms with E-state index in [2.05, 4.69) is 5.32 Å². The van der Waals surface area contributed by atoms with Crippen molar-refractivity contribution in [1.29, 1.82) is 0 Å². The van der Waals surface area contributed by atoms with Crippen LogP contribution in [0, 0.1) is 0 Å². The monoisotopic (exact) mass is 127 g/mol. The molecule has 0 aromatic heterocycles. The normalized spacial score (nSPS) is 25.3. The Morgan fingerprint density at radius 2 is 2.44 bits per heavy atom. The molecular weight excluding hydrogens is 118 g/mol. The van der Waals surface area contributed by atoms with Crippen LogP contribution in [0.5, 0.6) is 0 Å². The third-order valence-corrected chi connectivity index (χ3v) is 1.29. The largest absolute Gasteiger partial charge is 0.453 e. The van der Waals surface area contributed by atoms with Gasteiger partial charge in [0.15, 0.2) is 0 Å². The minimum atomic E-state index is -0.258. The highest BCUT2D eigenvalue weighted by Gasteiger charge is 2.19. The molecule has 50 valence electrons. The summed E-state index contributed by atoms with van der Waals surface area (Å²) in [5.41, 5.74) is 0.847. The summed E-state index contributed by atoms with van der Waals surface area (Å²) in [6.45, 7) is 1.83. The van der Waals surface area contributed by atoms with Crippen molar-refractivity contribution in [3.8, 4) is 0 Å². The van der Waals surface area contributed by atoms with E-state index in [9.17, 15) is 4.79 Å². The standard InChI is InChI=1S/C6H9NO2/c1-4-5(7-2)3-6(8)9-4/h3-4,7H,1-2H3. The highest BCUT2D eigenvalue weighted by Crippen LogP contribution is 2.10. The van der Waals surface area contributed by atoms with E-state index in [0.717, 1.165) is 5.70 Å². The molecule has 1 unspecified atom stereocenters. The number of carbonyl (C=O) groups is 1. The van der Waals surface area contributed by atoms with E-state index in [4.69, 9.17) is 4.74 Å². The number of cyclic esters (lactones) is 1. The molecule has 0 saturated heterocycles. The molecule has 0 aliphatic carbocycles. The molecule has 0 amide bonds. The summed E-state index contributed by atoms with van der Waals surface area (Å²) < 4.78 is 4.77. The molecule has 1 N–H and O–H groups in total. The van der Waals surface area contributed by atoms with Crippen LogP contribution in [0.1, 0.15) is 6.92 Å². The fourth-order valence-electron chi connectivity index (χ4n) is 0.791. The maximum atomic E-state index is 10.5. The van der Waals surface area contributed by atoms with Crippen molar-refractivity contribution < 1.29 is 9.53 Å². The van der Waals surface area contributed by atoms with Crippen molar-refractivity contribution in [3.63, 3.8) is 0 Å². The Morgan fingerprint density at radius 1 is 1.78 bits per heavy atom. The average Bonchev–Trinajstić information content (AvgIpc) is 2.10. The number of hydrogen-bond acceptors (Lipinski definition) is 3. The Hall–Kier alpha value is -0.990. The quantitative estimate of drug-likeness (QED) is 0.505. The molecule has 0 fully saturated rings. The van der Waals surface area contributed by atoms with Gasteiger partial charge >= 0.3 is 5.97 Å². The van der Waals surface area contributed by atoms with E-state index < -0.39 is 0 Å². The molecule has 0 aromatic rings. The molecule has 3 heteroatoms. The topological polar surface area (TPSA) is 38.3 Å². The van der Waals surface area contributed by atoms with Crippen molar-refractivity contribution in [1.82, 2.24) is 5.32 Å². The number of nitrogens with one attached hydrogen (secondary N) is 1. The second-order valence-corrected chi connectivity index (χ2v) is 1.93. The van der Waals surface area contributed by atoms with Gasteiger partial charge in [0.1, 0.15) is 6.10 Å². The first-order chi connectivity index (χ1) is 4.24. The third kappa shape index (κ3) is 1.04. The summed E-state index contributed by atoms with van der Waals surface area (Å²) >= 11 is 0. The zero-order valence-corrected chi connectivity index (χ0v) is 5.47. The van der Waals surface area contributed by atoms with E-state index in [0.29, 0.717) is 0 Å². The maximum absolute atomic E-state index is 10.5. The molecule has 9 heavy (non-hydrogen) atoms. The molecule has 1 aliphatic heterocycles. The zero-order chi connectivity index (χ0) is 6.85. The van der Waals surface area contributed by atoms with Crippen molar-refractivity contribution in [2.45, 2.75) is 13.0 Å². The van der Waals surface area contributed by atoms with Crippen molar-refractivity contribution in [2.75, 3.05) is 7.05 Å². The van der Waals surface area contributed by atoms with Gasteiger partial charge in [0.05, 0.1) is 5.70 Å². The zero-order valence-electron chi connectivity index (χ0n) is 5.47. The van der Waals surface area contributed by atoms with Crippen LogP contribution in [0.15, 0.2) is 11.8 Å². The summed E-state index contributed by atoms with van der Waals surface area (Å²) in [4.78, 5) is 10.5. The van der Waals surface area contributed by atoms with Crippen LogP contribution in [-0.2, 0) is 9.53 Å². The molecular formula is C6H9NO2. The van der Waals surface area contributed by atoms with E-state index in [1.807, 2.05) is 6.92 Å². The van der Waals surface area contributed by atoms with Crippen LogP contribution < -0.4 is 5.32 Å². The number of carbonyl (C=O) groups excluding carboxylic acids is 1. The summed E-state index contributed by atoms with van der Waals surface area (Å²) in [6, 6.07) is 0. The summed E-state index contributed by atoms with van der Waals surface area (Å²) in [6.07, 6.45) is 1.37. The second-order valence-electron chi connectivity index (χ2n) is 1.93. The minimum Gasteiger partial charge on any atom is -0.453 e. The first-order valence-corrected chi connectivity index (χ1v) is 2.84. The van der Waals surface area contributed by atoms with Gasteiger partial charge < -0.3 is 10.1 Å². The van der Waals surface area contributed by atoms with Crippen molar-refractivity contribution >= 4 is 5.97 Å². The van der Waals surface area contributed by atoms with Crippen molar-refractivity contribution in [3.05, 3.63) is 11.8 Å². The van der Waals surface area contributed by atoms with Gasteiger partial charge in [-0.1, -0.05) is 0 Å². The first kappa shape index (κ1) is 6.13. The van der Waals surface area contributed by atoms with E-state index in [1.54, 1.807) is 7.05 Å². The van der Waals surface area contributed by atoms with Gasteiger partial charge in [0, 0.05) is 13.1 Å². The van der Waals surface area contributed by atoms with Gasteiger partial charge in [-0.15, -0.1) is 0 Å².